The molecule has 0 saturated carbocycles. The molecule has 0 aliphatic heterocycles. The van der Waals surface area contributed by atoms with E-state index in [-0.39, 0.29) is 18.8 Å². The summed E-state index contributed by atoms with van der Waals surface area (Å²) in [6.45, 7) is 2.32. The molecule has 1 amide bonds. The number of aromatic nitrogens is 2. The van der Waals surface area contributed by atoms with E-state index in [2.05, 4.69) is 15.3 Å². The molecule has 0 bridgehead atoms. The average Bonchev–Trinajstić information content (AvgIpc) is 2.39. The van der Waals surface area contributed by atoms with Crippen molar-refractivity contribution in [2.24, 2.45) is 0 Å². The Balaban J connectivity index is 2.82. The van der Waals surface area contributed by atoms with Gasteiger partial charge in [-0.15, -0.1) is 0 Å². The Morgan fingerprint density at radius 3 is 2.44 bits per heavy atom. The number of carbonyl (C=O) groups excluding carboxylic acids is 1. The maximum absolute atomic E-state index is 11.9. The van der Waals surface area contributed by atoms with Gasteiger partial charge < -0.3 is 10.2 Å². The Morgan fingerprint density at radius 1 is 1.33 bits per heavy atom. The molecule has 1 N–H and O–H groups in total. The number of anilines is 1. The van der Waals surface area contributed by atoms with Gasteiger partial charge >= 0.3 is 0 Å². The number of nitriles is 2. The van der Waals surface area contributed by atoms with Gasteiger partial charge in [-0.25, -0.2) is 9.97 Å². The second-order valence-electron chi connectivity index (χ2n) is 3.29. The van der Waals surface area contributed by atoms with Gasteiger partial charge in [0.05, 0.1) is 24.5 Å². The maximum atomic E-state index is 11.9. The second-order valence-corrected chi connectivity index (χ2v) is 3.29. The lowest BCUT2D eigenvalue weighted by atomic mass is 10.3. The summed E-state index contributed by atoms with van der Waals surface area (Å²) >= 11 is 0. The van der Waals surface area contributed by atoms with Crippen LogP contribution < -0.4 is 5.32 Å². The van der Waals surface area contributed by atoms with Crippen LogP contribution in [0.15, 0.2) is 12.4 Å². The molecule has 1 rings (SSSR count). The van der Waals surface area contributed by atoms with Gasteiger partial charge in [-0.05, 0) is 6.92 Å². The maximum Gasteiger partial charge on any atom is 0.275 e. The van der Waals surface area contributed by atoms with Gasteiger partial charge in [0, 0.05) is 6.54 Å². The summed E-state index contributed by atoms with van der Waals surface area (Å²) in [6, 6.07) is 3.66. The molecule has 0 atom stereocenters. The Hall–Kier alpha value is -2.67. The van der Waals surface area contributed by atoms with Crippen LogP contribution in [0.2, 0.25) is 0 Å². The van der Waals surface area contributed by atoms with Crippen molar-refractivity contribution in [3.63, 3.8) is 0 Å². The van der Waals surface area contributed by atoms with E-state index in [9.17, 15) is 4.79 Å². The first-order valence-electron chi connectivity index (χ1n) is 5.32. The standard InChI is InChI=1S/C11H12N6O/c1-2-14-10-8-15-9(7-16-10)11(18)17(5-3-12)6-4-13/h7-8H,2,5-6H2,1H3,(H,14,16). The van der Waals surface area contributed by atoms with E-state index >= 15 is 0 Å². The molecule has 92 valence electrons. The van der Waals surface area contributed by atoms with Crippen LogP contribution >= 0.6 is 0 Å². The van der Waals surface area contributed by atoms with Gasteiger partial charge in [-0.2, -0.15) is 10.5 Å². The topological polar surface area (TPSA) is 106 Å². The molecule has 0 aliphatic rings. The van der Waals surface area contributed by atoms with Crippen molar-refractivity contribution < 1.29 is 4.79 Å². The van der Waals surface area contributed by atoms with Gasteiger partial charge in [0.1, 0.15) is 24.6 Å². The van der Waals surface area contributed by atoms with Crippen molar-refractivity contribution in [1.82, 2.24) is 14.9 Å². The van der Waals surface area contributed by atoms with E-state index < -0.39 is 5.91 Å². The van der Waals surface area contributed by atoms with Crippen molar-refractivity contribution >= 4 is 11.7 Å². The molecule has 0 aromatic carbocycles. The van der Waals surface area contributed by atoms with E-state index in [1.807, 2.05) is 19.1 Å². The Morgan fingerprint density at radius 2 is 2.00 bits per heavy atom. The van der Waals surface area contributed by atoms with Crippen molar-refractivity contribution in [1.29, 1.82) is 10.5 Å². The Kier molecular flexibility index (Phi) is 5.07. The zero-order valence-corrected chi connectivity index (χ0v) is 9.92. The van der Waals surface area contributed by atoms with Crippen LogP contribution in [0.4, 0.5) is 5.82 Å². The van der Waals surface area contributed by atoms with Crippen molar-refractivity contribution in [3.8, 4) is 12.1 Å². The van der Waals surface area contributed by atoms with Gasteiger partial charge in [-0.3, -0.25) is 4.79 Å². The number of rotatable bonds is 5. The number of amides is 1. The summed E-state index contributed by atoms with van der Waals surface area (Å²) in [6.07, 6.45) is 2.76. The minimum absolute atomic E-state index is 0.113. The third-order valence-corrected chi connectivity index (χ3v) is 2.04. The van der Waals surface area contributed by atoms with Crippen molar-refractivity contribution in [2.45, 2.75) is 6.92 Å². The lowest BCUT2D eigenvalue weighted by molar-refractivity contribution is 0.0788. The van der Waals surface area contributed by atoms with E-state index in [1.165, 1.54) is 12.4 Å². The van der Waals surface area contributed by atoms with E-state index in [0.717, 1.165) is 4.90 Å². The summed E-state index contributed by atoms with van der Waals surface area (Å²) in [4.78, 5) is 21.0. The molecule has 1 aromatic rings. The smallest absolute Gasteiger partial charge is 0.275 e. The van der Waals surface area contributed by atoms with Crippen LogP contribution in [0.3, 0.4) is 0 Å². The highest BCUT2D eigenvalue weighted by Gasteiger charge is 2.16. The van der Waals surface area contributed by atoms with Crippen LogP contribution in [0, 0.1) is 22.7 Å². The Labute approximate surface area is 105 Å². The molecule has 7 nitrogen and oxygen atoms in total. The van der Waals surface area contributed by atoms with Crippen LogP contribution in [0.1, 0.15) is 17.4 Å². The largest absolute Gasteiger partial charge is 0.369 e. The SMILES string of the molecule is CCNc1cnc(C(=O)N(CC#N)CC#N)cn1. The molecule has 7 heteroatoms. The van der Waals surface area contributed by atoms with Gasteiger partial charge in [0.15, 0.2) is 0 Å². The summed E-state index contributed by atoms with van der Waals surface area (Å²) in [5.74, 6) is 0.0924. The predicted octanol–water partition coefficient (Wildman–Crippen LogP) is 0.398. The molecule has 0 saturated heterocycles. The zero-order chi connectivity index (χ0) is 13.4. The molecule has 0 fully saturated rings. The van der Waals surface area contributed by atoms with Crippen LogP contribution in [-0.4, -0.2) is 40.4 Å². The van der Waals surface area contributed by atoms with Gasteiger partial charge in [-0.1, -0.05) is 0 Å². The summed E-state index contributed by atoms with van der Waals surface area (Å²) in [5.41, 5.74) is 0.113. The molecule has 0 unspecified atom stereocenters. The normalized spacial score (nSPS) is 9.06. The lowest BCUT2D eigenvalue weighted by Gasteiger charge is -2.14. The van der Waals surface area contributed by atoms with Crippen molar-refractivity contribution in [2.75, 3.05) is 25.0 Å². The molecular formula is C11H12N6O. The highest BCUT2D eigenvalue weighted by molar-refractivity contribution is 5.92. The molecule has 1 aromatic heterocycles. The van der Waals surface area contributed by atoms with Crippen LogP contribution in [-0.2, 0) is 0 Å². The van der Waals surface area contributed by atoms with E-state index in [1.54, 1.807) is 0 Å². The lowest BCUT2D eigenvalue weighted by Crippen LogP contribution is -2.32. The Bertz CT molecular complexity index is 468. The third-order valence-electron chi connectivity index (χ3n) is 2.04. The monoisotopic (exact) mass is 244 g/mol. The second kappa shape index (κ2) is 6.81. The highest BCUT2D eigenvalue weighted by Crippen LogP contribution is 2.04. The summed E-state index contributed by atoms with van der Waals surface area (Å²) in [7, 11) is 0. The van der Waals surface area contributed by atoms with Crippen LogP contribution in [0.25, 0.3) is 0 Å². The predicted molar refractivity (Wildman–Crippen MR) is 63.3 cm³/mol. The minimum Gasteiger partial charge on any atom is -0.369 e. The zero-order valence-electron chi connectivity index (χ0n) is 9.92. The van der Waals surface area contributed by atoms with Crippen molar-refractivity contribution in [3.05, 3.63) is 18.1 Å². The summed E-state index contributed by atoms with van der Waals surface area (Å²) in [5, 5.41) is 20.1. The number of hydrogen-bond donors (Lipinski definition) is 1. The third kappa shape index (κ3) is 3.42. The molecule has 1 heterocycles. The minimum atomic E-state index is -0.478. The number of carbonyl (C=O) groups is 1. The molecular weight excluding hydrogens is 232 g/mol. The first-order chi connectivity index (χ1) is 8.72. The van der Waals surface area contributed by atoms with E-state index in [0.29, 0.717) is 12.4 Å². The number of hydrogen-bond acceptors (Lipinski definition) is 6. The van der Waals surface area contributed by atoms with Crippen LogP contribution in [0.5, 0.6) is 0 Å². The van der Waals surface area contributed by atoms with Gasteiger partial charge in [0.2, 0.25) is 0 Å². The number of nitrogens with zero attached hydrogens (tertiary/aromatic N) is 5. The average molecular weight is 244 g/mol. The molecule has 0 aliphatic carbocycles. The van der Waals surface area contributed by atoms with Gasteiger partial charge in [0.25, 0.3) is 5.91 Å². The molecule has 0 spiro atoms. The number of nitrogens with one attached hydrogen (secondary N) is 1. The molecule has 18 heavy (non-hydrogen) atoms. The summed E-state index contributed by atoms with van der Waals surface area (Å²) < 4.78 is 0. The quantitative estimate of drug-likeness (QED) is 0.751. The fourth-order valence-corrected chi connectivity index (χ4v) is 1.24. The fraction of sp³-hybridized carbons (Fsp3) is 0.364. The first kappa shape index (κ1) is 13.4. The molecule has 0 radical (unpaired) electrons. The first-order valence-corrected chi connectivity index (χ1v) is 5.32. The highest BCUT2D eigenvalue weighted by atomic mass is 16.2. The fourth-order valence-electron chi connectivity index (χ4n) is 1.24. The van der Waals surface area contributed by atoms with E-state index in [4.69, 9.17) is 10.5 Å².